The third kappa shape index (κ3) is 6.52. The van der Waals surface area contributed by atoms with Crippen molar-refractivity contribution in [1.82, 2.24) is 0 Å². The first kappa shape index (κ1) is 38.7. The molecule has 2 nitrogen and oxygen atoms in total. The van der Waals surface area contributed by atoms with Crippen molar-refractivity contribution in [3.63, 3.8) is 0 Å². The first-order valence-corrected chi connectivity index (χ1v) is 24.0. The van der Waals surface area contributed by atoms with E-state index >= 15 is 0 Å². The highest BCUT2D eigenvalue weighted by Crippen LogP contribution is 2.55. The van der Waals surface area contributed by atoms with Crippen molar-refractivity contribution >= 4 is 79.2 Å². The Kier molecular flexibility index (Phi) is 9.40. The maximum atomic E-state index is 2.46. The zero-order valence-corrected chi connectivity index (χ0v) is 37.4. The molecule has 0 aliphatic carbocycles. The minimum Gasteiger partial charge on any atom is -0.308 e. The fourth-order valence-electron chi connectivity index (χ4n) is 10.0. The summed E-state index contributed by atoms with van der Waals surface area (Å²) in [5.74, 6) is 0. The second-order valence-corrected chi connectivity index (χ2v) is 19.0. The quantitative estimate of drug-likeness (QED) is 0.154. The maximum absolute atomic E-state index is 2.46. The summed E-state index contributed by atoms with van der Waals surface area (Å²) in [6.07, 6.45) is 0. The van der Waals surface area contributed by atoms with E-state index in [1.165, 1.54) is 108 Å². The van der Waals surface area contributed by atoms with Crippen LogP contribution in [0.25, 0.3) is 66.1 Å². The van der Waals surface area contributed by atoms with Crippen LogP contribution in [0.3, 0.4) is 0 Å². The Hall–Kier alpha value is -7.76. The van der Waals surface area contributed by atoms with Gasteiger partial charge in [0.05, 0.1) is 22.7 Å². The molecule has 0 fully saturated rings. The zero-order chi connectivity index (χ0) is 43.6. The summed E-state index contributed by atoms with van der Waals surface area (Å²) in [4.78, 5) is 9.90. The molecule has 0 aromatic heterocycles. The number of anilines is 6. The minimum atomic E-state index is 1.13. The lowest BCUT2D eigenvalue weighted by atomic mass is 9.84. The lowest BCUT2D eigenvalue weighted by Gasteiger charge is -2.34. The molecule has 310 valence electrons. The van der Waals surface area contributed by atoms with Gasteiger partial charge in [0, 0.05) is 31.0 Å². The molecule has 11 aromatic carbocycles. The van der Waals surface area contributed by atoms with Gasteiger partial charge in [0.15, 0.2) is 0 Å². The first-order chi connectivity index (χ1) is 32.7. The van der Waals surface area contributed by atoms with Crippen LogP contribution in [0.2, 0.25) is 0 Å². The highest BCUT2D eigenvalue weighted by molar-refractivity contribution is 8.00. The number of para-hydroxylation sites is 4. The van der Waals surface area contributed by atoms with Crippen LogP contribution in [0.15, 0.2) is 262 Å². The molecule has 0 N–H and O–H groups in total. The van der Waals surface area contributed by atoms with Crippen LogP contribution >= 0.6 is 23.5 Å². The monoisotopic (exact) mass is 876 g/mol. The number of hydrogen-bond donors (Lipinski definition) is 0. The van der Waals surface area contributed by atoms with Gasteiger partial charge in [-0.15, -0.1) is 0 Å². The Labute approximate surface area is 393 Å². The number of nitrogens with zero attached hydrogens (tertiary/aromatic N) is 2. The number of rotatable bonds is 6. The molecule has 0 spiro atoms. The van der Waals surface area contributed by atoms with Gasteiger partial charge in [-0.1, -0.05) is 181 Å². The SMILES string of the molecule is c1ccc(-c2cccc(-c3c4ccc(N5c6ccccc6Sc6ccccc65)cc4c(-c4cccc(-c5ccccc5)c4)c4ccc(N5c6ccccc6Sc6ccccc65)cc34)c2)cc1. The van der Waals surface area contributed by atoms with E-state index in [2.05, 4.69) is 252 Å². The average molecular weight is 877 g/mol. The van der Waals surface area contributed by atoms with Gasteiger partial charge in [-0.3, -0.25) is 0 Å². The minimum absolute atomic E-state index is 1.13. The molecular weight excluding hydrogens is 837 g/mol. The van der Waals surface area contributed by atoms with E-state index in [0.29, 0.717) is 0 Å². The predicted molar refractivity (Wildman–Crippen MR) is 281 cm³/mol. The second-order valence-electron chi connectivity index (χ2n) is 16.8. The van der Waals surface area contributed by atoms with Gasteiger partial charge in [0.1, 0.15) is 0 Å². The van der Waals surface area contributed by atoms with Gasteiger partial charge in [0.25, 0.3) is 0 Å². The Bertz CT molecular complexity index is 3340. The Morgan fingerprint density at radius 2 is 0.545 bits per heavy atom. The normalized spacial score (nSPS) is 12.7. The third-order valence-corrected chi connectivity index (χ3v) is 15.2. The second kappa shape index (κ2) is 16.0. The molecule has 0 bridgehead atoms. The molecule has 0 saturated carbocycles. The summed E-state index contributed by atoms with van der Waals surface area (Å²) in [5, 5.41) is 4.82. The molecule has 2 heterocycles. The lowest BCUT2D eigenvalue weighted by Crippen LogP contribution is -2.15. The van der Waals surface area contributed by atoms with Crippen molar-refractivity contribution in [2.24, 2.45) is 0 Å². The summed E-state index contributed by atoms with van der Waals surface area (Å²) < 4.78 is 0. The van der Waals surface area contributed by atoms with E-state index in [1.54, 1.807) is 0 Å². The van der Waals surface area contributed by atoms with Crippen molar-refractivity contribution in [1.29, 1.82) is 0 Å². The van der Waals surface area contributed by atoms with E-state index in [1.807, 2.05) is 23.5 Å². The molecule has 0 unspecified atom stereocenters. The van der Waals surface area contributed by atoms with Crippen LogP contribution in [0.1, 0.15) is 0 Å². The van der Waals surface area contributed by atoms with Crippen molar-refractivity contribution in [2.45, 2.75) is 19.6 Å². The molecule has 11 aromatic rings. The van der Waals surface area contributed by atoms with Gasteiger partial charge in [0.2, 0.25) is 0 Å². The van der Waals surface area contributed by atoms with E-state index in [4.69, 9.17) is 0 Å². The van der Waals surface area contributed by atoms with Crippen molar-refractivity contribution in [3.05, 3.63) is 243 Å². The van der Waals surface area contributed by atoms with Crippen LogP contribution in [-0.2, 0) is 0 Å². The highest BCUT2D eigenvalue weighted by Gasteiger charge is 2.28. The summed E-state index contributed by atoms with van der Waals surface area (Å²) in [6, 6.07) is 89.3. The number of fused-ring (bicyclic) bond motifs is 6. The molecular formula is C62H40N2S2. The molecule has 0 atom stereocenters. The van der Waals surface area contributed by atoms with Crippen LogP contribution in [0.4, 0.5) is 34.1 Å². The van der Waals surface area contributed by atoms with Gasteiger partial charge >= 0.3 is 0 Å². The van der Waals surface area contributed by atoms with Gasteiger partial charge in [-0.2, -0.15) is 0 Å². The topological polar surface area (TPSA) is 6.48 Å². The molecule has 2 aliphatic rings. The van der Waals surface area contributed by atoms with Crippen molar-refractivity contribution < 1.29 is 0 Å². The highest BCUT2D eigenvalue weighted by atomic mass is 32.2. The van der Waals surface area contributed by atoms with Crippen molar-refractivity contribution in [3.8, 4) is 44.5 Å². The molecule has 0 amide bonds. The smallest absolute Gasteiger partial charge is 0.0601 e. The first-order valence-electron chi connectivity index (χ1n) is 22.4. The fourth-order valence-corrected chi connectivity index (χ4v) is 12.2. The Morgan fingerprint density at radius 1 is 0.227 bits per heavy atom. The summed E-state index contributed by atoms with van der Waals surface area (Å²) in [7, 11) is 0. The van der Waals surface area contributed by atoms with Gasteiger partial charge < -0.3 is 9.80 Å². The average Bonchev–Trinajstić information content (AvgIpc) is 3.39. The van der Waals surface area contributed by atoms with Crippen LogP contribution < -0.4 is 9.80 Å². The van der Waals surface area contributed by atoms with Crippen LogP contribution in [-0.4, -0.2) is 0 Å². The standard InChI is InChI=1S/C62H40N2S2/c1-3-17-41(18-4-1)43-21-15-23-45(37-43)61-49-35-33-48(64-55-27-9-13-31-59(55)66-60-32-14-10-28-56(60)64)40-52(49)62(46-24-16-22-44(38-46)42-19-5-2-6-20-42)50-36-34-47(39-51(50)61)63-53-25-7-11-29-57(53)65-58-30-12-8-26-54(58)63/h1-40H. The molecule has 13 rings (SSSR count). The fraction of sp³-hybridized carbons (Fsp3) is 0. The van der Waals surface area contributed by atoms with Gasteiger partial charge in [-0.25, -0.2) is 0 Å². The molecule has 0 saturated heterocycles. The van der Waals surface area contributed by atoms with Crippen molar-refractivity contribution in [2.75, 3.05) is 9.80 Å². The van der Waals surface area contributed by atoms with E-state index in [-0.39, 0.29) is 0 Å². The maximum Gasteiger partial charge on any atom is 0.0601 e. The van der Waals surface area contributed by atoms with E-state index in [0.717, 1.165) is 11.4 Å². The number of benzene rings is 11. The summed E-state index contributed by atoms with van der Waals surface area (Å²) in [5.41, 5.74) is 16.6. The lowest BCUT2D eigenvalue weighted by molar-refractivity contribution is 1.17. The molecule has 66 heavy (non-hydrogen) atoms. The zero-order valence-electron chi connectivity index (χ0n) is 35.8. The largest absolute Gasteiger partial charge is 0.308 e. The third-order valence-electron chi connectivity index (χ3n) is 13.0. The predicted octanol–water partition coefficient (Wildman–Crippen LogP) is 18.5. The van der Waals surface area contributed by atoms with Crippen LogP contribution in [0.5, 0.6) is 0 Å². The van der Waals surface area contributed by atoms with Crippen LogP contribution in [0, 0.1) is 0 Å². The molecule has 0 radical (unpaired) electrons. The molecule has 2 aliphatic heterocycles. The Morgan fingerprint density at radius 3 is 0.924 bits per heavy atom. The van der Waals surface area contributed by atoms with Gasteiger partial charge in [-0.05, 0) is 151 Å². The summed E-state index contributed by atoms with van der Waals surface area (Å²) in [6.45, 7) is 0. The van der Waals surface area contributed by atoms with E-state index in [9.17, 15) is 0 Å². The summed E-state index contributed by atoms with van der Waals surface area (Å²) >= 11 is 3.69. The molecule has 4 heteroatoms. The Balaban J connectivity index is 1.14. The number of hydrogen-bond acceptors (Lipinski definition) is 4. The van der Waals surface area contributed by atoms with E-state index < -0.39 is 0 Å².